The van der Waals surface area contributed by atoms with Gasteiger partial charge in [0.05, 0.1) is 29.4 Å². The Balaban J connectivity index is 1.49. The summed E-state index contributed by atoms with van der Waals surface area (Å²) < 4.78 is 5.67. The van der Waals surface area contributed by atoms with Gasteiger partial charge in [0.15, 0.2) is 0 Å². The van der Waals surface area contributed by atoms with E-state index in [9.17, 15) is 9.90 Å². The van der Waals surface area contributed by atoms with Gasteiger partial charge < -0.3 is 25.1 Å². The smallest absolute Gasteiger partial charge is 0.255 e. The van der Waals surface area contributed by atoms with Gasteiger partial charge in [0.1, 0.15) is 5.82 Å². The van der Waals surface area contributed by atoms with Gasteiger partial charge in [-0.3, -0.25) is 4.79 Å². The molecule has 0 radical (unpaired) electrons. The maximum absolute atomic E-state index is 12.9. The van der Waals surface area contributed by atoms with Crippen molar-refractivity contribution in [2.24, 2.45) is 0 Å². The number of aryl methyl sites for hydroxylation is 1. The van der Waals surface area contributed by atoms with E-state index in [0.717, 1.165) is 16.8 Å². The van der Waals surface area contributed by atoms with E-state index in [-0.39, 0.29) is 18.6 Å². The minimum absolute atomic E-state index is 0.00350. The number of carbonyl (C=O) groups is 1. The highest BCUT2D eigenvalue weighted by atomic mass is 16.4. The van der Waals surface area contributed by atoms with Gasteiger partial charge in [0.25, 0.3) is 11.8 Å². The van der Waals surface area contributed by atoms with E-state index in [1.807, 2.05) is 73.3 Å². The van der Waals surface area contributed by atoms with Crippen LogP contribution in [0.2, 0.25) is 0 Å². The number of aromatic nitrogens is 3. The molecule has 1 atom stereocenters. The van der Waals surface area contributed by atoms with E-state index in [0.29, 0.717) is 41.0 Å². The fourth-order valence-corrected chi connectivity index (χ4v) is 4.77. The molecule has 1 aliphatic rings. The molecule has 38 heavy (non-hydrogen) atoms. The molecule has 5 rings (SSSR count). The summed E-state index contributed by atoms with van der Waals surface area (Å²) in [5.41, 5.74) is 4.18. The summed E-state index contributed by atoms with van der Waals surface area (Å²) in [4.78, 5) is 19.3. The van der Waals surface area contributed by atoms with Crippen molar-refractivity contribution in [3.63, 3.8) is 0 Å². The number of nitrogens with zero attached hydrogens (tertiary/aromatic N) is 4. The first kappa shape index (κ1) is 25.2. The highest BCUT2D eigenvalue weighted by Crippen LogP contribution is 2.40. The number of aliphatic hydroxyl groups is 1. The van der Waals surface area contributed by atoms with Crippen molar-refractivity contribution < 1.29 is 14.3 Å². The van der Waals surface area contributed by atoms with Crippen LogP contribution in [0.4, 0.5) is 17.2 Å². The Morgan fingerprint density at radius 1 is 1.13 bits per heavy atom. The fraction of sp³-hybridized carbons (Fsp3) is 0.241. The standard InChI is InChI=1S/C29H30N6O3/c1-5-13-35-28(37)21-12-11-20(14-23(21)29(35,3)4)31-26-15-24(22(16-30-26)27-34-33-18(2)38-27)32-25(17-36)19-9-7-6-8-10-19/h5-12,14-16,25,36H,1,13,17H2,2-4H3,(H2,30,31,32)/t25-/m1/s1. The zero-order valence-electron chi connectivity index (χ0n) is 21.6. The predicted octanol–water partition coefficient (Wildman–Crippen LogP) is 5.21. The minimum atomic E-state index is -0.470. The third kappa shape index (κ3) is 4.64. The lowest BCUT2D eigenvalue weighted by molar-refractivity contribution is 0.0652. The third-order valence-corrected chi connectivity index (χ3v) is 6.79. The number of rotatable bonds is 9. The molecule has 2 aromatic heterocycles. The van der Waals surface area contributed by atoms with Gasteiger partial charge in [-0.15, -0.1) is 16.8 Å². The number of nitrogens with one attached hydrogen (secondary N) is 2. The van der Waals surface area contributed by atoms with Gasteiger partial charge in [0, 0.05) is 37.0 Å². The highest BCUT2D eigenvalue weighted by molar-refractivity contribution is 6.00. The maximum Gasteiger partial charge on any atom is 0.255 e. The highest BCUT2D eigenvalue weighted by Gasteiger charge is 2.42. The van der Waals surface area contributed by atoms with Crippen molar-refractivity contribution in [3.8, 4) is 11.5 Å². The Hall–Kier alpha value is -4.50. The van der Waals surface area contributed by atoms with Crippen LogP contribution in [0, 0.1) is 6.92 Å². The first-order valence-corrected chi connectivity index (χ1v) is 12.4. The molecule has 3 heterocycles. The Morgan fingerprint density at radius 3 is 2.61 bits per heavy atom. The zero-order chi connectivity index (χ0) is 26.9. The Labute approximate surface area is 221 Å². The quantitative estimate of drug-likeness (QED) is 0.263. The SMILES string of the molecule is C=CCN1C(=O)c2ccc(Nc3cc(N[C@H](CO)c4ccccc4)c(-c4nnc(C)o4)cn3)cc2C1(C)C. The molecule has 194 valence electrons. The van der Waals surface area contributed by atoms with Crippen molar-refractivity contribution in [2.75, 3.05) is 23.8 Å². The molecular formula is C29H30N6O3. The monoisotopic (exact) mass is 510 g/mol. The topological polar surface area (TPSA) is 116 Å². The number of hydrogen-bond donors (Lipinski definition) is 3. The van der Waals surface area contributed by atoms with Crippen LogP contribution in [0.15, 0.2) is 77.9 Å². The summed E-state index contributed by atoms with van der Waals surface area (Å²) in [7, 11) is 0. The van der Waals surface area contributed by atoms with E-state index in [1.165, 1.54) is 0 Å². The number of fused-ring (bicyclic) bond motifs is 1. The molecule has 1 aliphatic heterocycles. The van der Waals surface area contributed by atoms with Crippen molar-refractivity contribution in [1.82, 2.24) is 20.1 Å². The fourth-order valence-electron chi connectivity index (χ4n) is 4.77. The molecule has 0 unspecified atom stereocenters. The van der Waals surface area contributed by atoms with Gasteiger partial charge in [-0.1, -0.05) is 36.4 Å². The number of anilines is 3. The molecule has 0 saturated heterocycles. The Morgan fingerprint density at radius 2 is 1.92 bits per heavy atom. The molecular weight excluding hydrogens is 480 g/mol. The normalized spacial score (nSPS) is 14.7. The molecule has 0 bridgehead atoms. The maximum atomic E-state index is 12.9. The second kappa shape index (κ2) is 10.1. The van der Waals surface area contributed by atoms with Crippen LogP contribution in [-0.2, 0) is 5.54 Å². The summed E-state index contributed by atoms with van der Waals surface area (Å²) in [5.74, 6) is 1.34. The van der Waals surface area contributed by atoms with Crippen LogP contribution in [0.5, 0.6) is 0 Å². The first-order chi connectivity index (χ1) is 18.3. The van der Waals surface area contributed by atoms with Crippen LogP contribution in [0.3, 0.4) is 0 Å². The van der Waals surface area contributed by atoms with E-state index < -0.39 is 5.54 Å². The summed E-state index contributed by atoms with van der Waals surface area (Å²) in [6.45, 7) is 9.94. The average Bonchev–Trinajstić information content (AvgIpc) is 3.43. The number of hydrogen-bond acceptors (Lipinski definition) is 8. The molecule has 0 spiro atoms. The molecule has 0 fully saturated rings. The van der Waals surface area contributed by atoms with Crippen LogP contribution >= 0.6 is 0 Å². The molecule has 2 aromatic carbocycles. The van der Waals surface area contributed by atoms with Crippen molar-refractivity contribution >= 4 is 23.1 Å². The van der Waals surface area contributed by atoms with Crippen LogP contribution in [-0.4, -0.2) is 44.2 Å². The molecule has 4 aromatic rings. The summed E-state index contributed by atoms with van der Waals surface area (Å²) in [6, 6.07) is 16.9. The van der Waals surface area contributed by atoms with E-state index in [2.05, 4.69) is 32.4 Å². The summed E-state index contributed by atoms with van der Waals surface area (Å²) in [5, 5.41) is 25.0. The van der Waals surface area contributed by atoms with Gasteiger partial charge in [0.2, 0.25) is 5.89 Å². The van der Waals surface area contributed by atoms with Crippen molar-refractivity contribution in [2.45, 2.75) is 32.4 Å². The van der Waals surface area contributed by atoms with Crippen LogP contribution in [0.1, 0.15) is 47.3 Å². The zero-order valence-corrected chi connectivity index (χ0v) is 21.6. The molecule has 0 saturated carbocycles. The number of aliphatic hydroxyl groups excluding tert-OH is 1. The van der Waals surface area contributed by atoms with Crippen LogP contribution < -0.4 is 10.6 Å². The third-order valence-electron chi connectivity index (χ3n) is 6.79. The summed E-state index contributed by atoms with van der Waals surface area (Å²) in [6.07, 6.45) is 3.40. The lowest BCUT2D eigenvalue weighted by atomic mass is 9.93. The van der Waals surface area contributed by atoms with Gasteiger partial charge in [-0.05, 0) is 43.2 Å². The van der Waals surface area contributed by atoms with Crippen molar-refractivity contribution in [1.29, 1.82) is 0 Å². The Bertz CT molecular complexity index is 1480. The van der Waals surface area contributed by atoms with Gasteiger partial charge in [-0.25, -0.2) is 4.98 Å². The minimum Gasteiger partial charge on any atom is -0.421 e. The Kier molecular flexibility index (Phi) is 6.69. The van der Waals surface area contributed by atoms with Gasteiger partial charge >= 0.3 is 0 Å². The molecule has 9 heteroatoms. The second-order valence-corrected chi connectivity index (χ2v) is 9.68. The predicted molar refractivity (Wildman–Crippen MR) is 146 cm³/mol. The average molecular weight is 511 g/mol. The van der Waals surface area contributed by atoms with E-state index in [4.69, 9.17) is 4.42 Å². The molecule has 9 nitrogen and oxygen atoms in total. The lowest BCUT2D eigenvalue weighted by Gasteiger charge is -2.31. The number of amides is 1. The van der Waals surface area contributed by atoms with E-state index >= 15 is 0 Å². The number of carbonyl (C=O) groups excluding carboxylic acids is 1. The molecule has 1 amide bonds. The second-order valence-electron chi connectivity index (χ2n) is 9.68. The largest absolute Gasteiger partial charge is 0.421 e. The molecule has 3 N–H and O–H groups in total. The van der Waals surface area contributed by atoms with E-state index in [1.54, 1.807) is 19.2 Å². The lowest BCUT2D eigenvalue weighted by Crippen LogP contribution is -2.39. The number of pyridine rings is 1. The summed E-state index contributed by atoms with van der Waals surface area (Å²) >= 11 is 0. The van der Waals surface area contributed by atoms with Crippen molar-refractivity contribution in [3.05, 3.63) is 96.0 Å². The van der Waals surface area contributed by atoms with Gasteiger partial charge in [-0.2, -0.15) is 0 Å². The molecule has 0 aliphatic carbocycles. The van der Waals surface area contributed by atoms with Crippen LogP contribution in [0.25, 0.3) is 11.5 Å². The first-order valence-electron chi connectivity index (χ1n) is 12.4. The number of benzene rings is 2.